The Balaban J connectivity index is 1.97. The second-order valence-corrected chi connectivity index (χ2v) is 4.68. The van der Waals surface area contributed by atoms with Crippen molar-refractivity contribution in [2.45, 2.75) is 43.5 Å². The minimum absolute atomic E-state index is 0.245. The zero-order chi connectivity index (χ0) is 10.5. The Kier molecular flexibility index (Phi) is 3.84. The van der Waals surface area contributed by atoms with Crippen molar-refractivity contribution in [2.75, 3.05) is 5.32 Å². The first-order chi connectivity index (χ1) is 7.36. The van der Waals surface area contributed by atoms with Gasteiger partial charge in [0, 0.05) is 12.2 Å². The molecule has 3 heteroatoms. The van der Waals surface area contributed by atoms with Crippen LogP contribution in [0, 0.1) is 0 Å². The predicted octanol–water partition coefficient (Wildman–Crippen LogP) is 3.43. The van der Waals surface area contributed by atoms with E-state index < -0.39 is 0 Å². The first-order valence-electron chi connectivity index (χ1n) is 5.68. The van der Waals surface area contributed by atoms with Crippen LogP contribution in [0.2, 0.25) is 0 Å². The highest BCUT2D eigenvalue weighted by Crippen LogP contribution is 2.24. The lowest BCUT2D eigenvalue weighted by Gasteiger charge is -2.21. The van der Waals surface area contributed by atoms with E-state index in [-0.39, 0.29) is 5.38 Å². The Morgan fingerprint density at radius 1 is 1.20 bits per heavy atom. The summed E-state index contributed by atoms with van der Waals surface area (Å²) in [6.45, 7) is 0. The molecule has 0 bridgehead atoms. The molecule has 2 atom stereocenters. The number of hydrogen-bond acceptors (Lipinski definition) is 2. The van der Waals surface area contributed by atoms with E-state index in [1.807, 2.05) is 24.4 Å². The summed E-state index contributed by atoms with van der Waals surface area (Å²) >= 11 is 6.35. The molecule has 0 radical (unpaired) electrons. The Morgan fingerprint density at radius 2 is 2.07 bits per heavy atom. The molecule has 0 aromatic carbocycles. The molecule has 82 valence electrons. The minimum Gasteiger partial charge on any atom is -0.366 e. The predicted molar refractivity (Wildman–Crippen MR) is 64.4 cm³/mol. The fourth-order valence-corrected chi connectivity index (χ4v) is 2.41. The molecule has 1 aliphatic carbocycles. The van der Waals surface area contributed by atoms with Gasteiger partial charge in [-0.15, -0.1) is 11.6 Å². The summed E-state index contributed by atoms with van der Waals surface area (Å²) in [6.07, 6.45) is 7.92. The SMILES string of the molecule is ClC1CCCCCC1Nc1ccccn1. The fourth-order valence-electron chi connectivity index (χ4n) is 2.06. The standard InChI is InChI=1S/C12H17ClN2/c13-10-6-2-1-3-7-11(10)15-12-8-4-5-9-14-12/h4-5,8-11H,1-3,6-7H2,(H,14,15). The van der Waals surface area contributed by atoms with E-state index in [0.29, 0.717) is 6.04 Å². The summed E-state index contributed by atoms with van der Waals surface area (Å²) in [7, 11) is 0. The molecule has 1 saturated carbocycles. The van der Waals surface area contributed by atoms with Crippen molar-refractivity contribution >= 4 is 17.4 Å². The molecule has 0 saturated heterocycles. The van der Waals surface area contributed by atoms with Gasteiger partial charge in [-0.25, -0.2) is 4.98 Å². The average Bonchev–Trinajstić information content (AvgIpc) is 2.46. The Morgan fingerprint density at radius 3 is 2.87 bits per heavy atom. The van der Waals surface area contributed by atoms with E-state index >= 15 is 0 Å². The summed E-state index contributed by atoms with van der Waals surface area (Å²) in [5.41, 5.74) is 0. The summed E-state index contributed by atoms with van der Waals surface area (Å²) in [5.74, 6) is 0.940. The smallest absolute Gasteiger partial charge is 0.126 e. The highest BCUT2D eigenvalue weighted by Gasteiger charge is 2.21. The first-order valence-corrected chi connectivity index (χ1v) is 6.11. The molecule has 1 aromatic heterocycles. The lowest BCUT2D eigenvalue weighted by Crippen LogP contribution is -2.29. The highest BCUT2D eigenvalue weighted by molar-refractivity contribution is 6.21. The number of nitrogens with zero attached hydrogens (tertiary/aromatic N) is 1. The Bertz CT molecular complexity index is 289. The van der Waals surface area contributed by atoms with Crippen LogP contribution >= 0.6 is 11.6 Å². The van der Waals surface area contributed by atoms with Gasteiger partial charge in [0.15, 0.2) is 0 Å². The van der Waals surface area contributed by atoms with E-state index in [4.69, 9.17) is 11.6 Å². The number of halogens is 1. The summed E-state index contributed by atoms with van der Waals surface area (Å²) in [6, 6.07) is 6.30. The number of anilines is 1. The zero-order valence-electron chi connectivity index (χ0n) is 8.82. The summed E-state index contributed by atoms with van der Waals surface area (Å²) in [5, 5.41) is 3.67. The summed E-state index contributed by atoms with van der Waals surface area (Å²) in [4.78, 5) is 4.27. The molecule has 15 heavy (non-hydrogen) atoms. The molecule has 0 amide bonds. The van der Waals surface area contributed by atoms with Crippen LogP contribution < -0.4 is 5.32 Å². The monoisotopic (exact) mass is 224 g/mol. The number of alkyl halides is 1. The second-order valence-electron chi connectivity index (χ2n) is 4.12. The number of hydrogen-bond donors (Lipinski definition) is 1. The van der Waals surface area contributed by atoms with E-state index in [1.165, 1.54) is 19.3 Å². The third-order valence-electron chi connectivity index (χ3n) is 2.93. The molecule has 1 N–H and O–H groups in total. The van der Waals surface area contributed by atoms with Gasteiger partial charge in [0.1, 0.15) is 5.82 Å². The summed E-state index contributed by atoms with van der Waals surface area (Å²) < 4.78 is 0. The van der Waals surface area contributed by atoms with Gasteiger partial charge in [-0.2, -0.15) is 0 Å². The maximum Gasteiger partial charge on any atom is 0.126 e. The van der Waals surface area contributed by atoms with E-state index in [0.717, 1.165) is 18.7 Å². The maximum atomic E-state index is 6.35. The van der Waals surface area contributed by atoms with Crippen molar-refractivity contribution < 1.29 is 0 Å². The molecule has 2 rings (SSSR count). The van der Waals surface area contributed by atoms with Crippen LogP contribution in [0.5, 0.6) is 0 Å². The highest BCUT2D eigenvalue weighted by atomic mass is 35.5. The number of pyridine rings is 1. The van der Waals surface area contributed by atoms with Gasteiger partial charge in [0.2, 0.25) is 0 Å². The van der Waals surface area contributed by atoms with Crippen molar-refractivity contribution in [3.63, 3.8) is 0 Å². The molecule has 0 aliphatic heterocycles. The van der Waals surface area contributed by atoms with Gasteiger partial charge >= 0.3 is 0 Å². The molecule has 1 aliphatic rings. The van der Waals surface area contributed by atoms with Crippen molar-refractivity contribution in [1.82, 2.24) is 4.98 Å². The van der Waals surface area contributed by atoms with Gasteiger partial charge in [-0.3, -0.25) is 0 Å². The molecule has 1 fully saturated rings. The molecule has 2 unspecified atom stereocenters. The van der Waals surface area contributed by atoms with Crippen molar-refractivity contribution in [3.05, 3.63) is 24.4 Å². The van der Waals surface area contributed by atoms with E-state index in [1.54, 1.807) is 0 Å². The second kappa shape index (κ2) is 5.36. The largest absolute Gasteiger partial charge is 0.366 e. The van der Waals surface area contributed by atoms with E-state index in [2.05, 4.69) is 10.3 Å². The van der Waals surface area contributed by atoms with Crippen LogP contribution in [0.1, 0.15) is 32.1 Å². The van der Waals surface area contributed by atoms with Crippen LogP contribution in [0.3, 0.4) is 0 Å². The van der Waals surface area contributed by atoms with E-state index in [9.17, 15) is 0 Å². The Labute approximate surface area is 96.1 Å². The normalized spacial score (nSPS) is 27.0. The number of rotatable bonds is 2. The first kappa shape index (κ1) is 10.7. The fraction of sp³-hybridized carbons (Fsp3) is 0.583. The van der Waals surface area contributed by atoms with Crippen molar-refractivity contribution in [1.29, 1.82) is 0 Å². The van der Waals surface area contributed by atoms with Crippen LogP contribution in [0.25, 0.3) is 0 Å². The van der Waals surface area contributed by atoms with Crippen LogP contribution in [0.15, 0.2) is 24.4 Å². The van der Waals surface area contributed by atoms with Crippen molar-refractivity contribution in [3.8, 4) is 0 Å². The molecule has 2 nitrogen and oxygen atoms in total. The van der Waals surface area contributed by atoms with Crippen LogP contribution in [-0.2, 0) is 0 Å². The molecular weight excluding hydrogens is 208 g/mol. The third kappa shape index (κ3) is 3.10. The third-order valence-corrected chi connectivity index (χ3v) is 3.45. The number of nitrogens with one attached hydrogen (secondary N) is 1. The van der Waals surface area contributed by atoms with Gasteiger partial charge in [0.05, 0.1) is 5.38 Å². The maximum absolute atomic E-state index is 6.35. The Hall–Kier alpha value is -0.760. The van der Waals surface area contributed by atoms with Gasteiger partial charge < -0.3 is 5.32 Å². The number of aromatic nitrogens is 1. The van der Waals surface area contributed by atoms with Crippen LogP contribution in [-0.4, -0.2) is 16.4 Å². The van der Waals surface area contributed by atoms with Gasteiger partial charge in [-0.05, 0) is 25.0 Å². The zero-order valence-corrected chi connectivity index (χ0v) is 9.58. The molecule has 0 spiro atoms. The lowest BCUT2D eigenvalue weighted by molar-refractivity contribution is 0.625. The topological polar surface area (TPSA) is 24.9 Å². The average molecular weight is 225 g/mol. The molecule has 1 aromatic rings. The van der Waals surface area contributed by atoms with Gasteiger partial charge in [0.25, 0.3) is 0 Å². The van der Waals surface area contributed by atoms with Gasteiger partial charge in [-0.1, -0.05) is 25.3 Å². The van der Waals surface area contributed by atoms with Crippen molar-refractivity contribution in [2.24, 2.45) is 0 Å². The molecule has 1 heterocycles. The van der Waals surface area contributed by atoms with Crippen LogP contribution in [0.4, 0.5) is 5.82 Å². The minimum atomic E-state index is 0.245. The molecular formula is C12H17ClN2. The quantitative estimate of drug-likeness (QED) is 0.615. The lowest BCUT2D eigenvalue weighted by atomic mass is 10.1.